The fourth-order valence-corrected chi connectivity index (χ4v) is 2.37. The predicted octanol–water partition coefficient (Wildman–Crippen LogP) is 0.0234. The first-order valence-corrected chi connectivity index (χ1v) is 7.11. The summed E-state index contributed by atoms with van der Waals surface area (Å²) in [6, 6.07) is 0. The molecule has 1 aliphatic heterocycles. The number of hydrogen-bond donors (Lipinski definition) is 1. The first-order chi connectivity index (χ1) is 9.58. The molecule has 1 aromatic heterocycles. The lowest BCUT2D eigenvalue weighted by molar-refractivity contribution is -0.144. The Bertz CT molecular complexity index is 438. The molecule has 0 spiro atoms. The zero-order chi connectivity index (χ0) is 14.5. The monoisotopic (exact) mass is 281 g/mol. The van der Waals surface area contributed by atoms with Crippen LogP contribution in [0.25, 0.3) is 0 Å². The summed E-state index contributed by atoms with van der Waals surface area (Å²) in [6.07, 6.45) is 1.99. The van der Waals surface area contributed by atoms with Gasteiger partial charge >= 0.3 is 0 Å². The molecule has 1 amide bonds. The van der Waals surface area contributed by atoms with Gasteiger partial charge in [0.1, 0.15) is 6.54 Å². The second-order valence-corrected chi connectivity index (χ2v) is 5.24. The Hall–Kier alpha value is -1.47. The molecule has 2 heterocycles. The van der Waals surface area contributed by atoms with Gasteiger partial charge in [0.2, 0.25) is 5.91 Å². The fraction of sp³-hybridized carbons (Fsp3) is 0.769. The molecule has 1 aromatic rings. The van der Waals surface area contributed by atoms with Gasteiger partial charge in [-0.3, -0.25) is 4.79 Å². The number of aromatic nitrogens is 3. The molecule has 0 aromatic carbocycles. The molecule has 7 nitrogen and oxygen atoms in total. The van der Waals surface area contributed by atoms with Crippen LogP contribution in [0.3, 0.4) is 0 Å². The molecule has 2 atom stereocenters. The van der Waals surface area contributed by atoms with Crippen molar-refractivity contribution in [3.05, 3.63) is 11.9 Å². The molecule has 0 radical (unpaired) electrons. The maximum Gasteiger partial charge on any atom is 0.244 e. The Morgan fingerprint density at radius 1 is 1.45 bits per heavy atom. The number of nitrogens with zero attached hydrogens (tertiary/aromatic N) is 4. The third kappa shape index (κ3) is 4.01. The van der Waals surface area contributed by atoms with Gasteiger partial charge in [-0.05, 0) is 20.4 Å². The predicted molar refractivity (Wildman–Crippen MR) is 74.0 cm³/mol. The molecule has 0 saturated carbocycles. The highest BCUT2D eigenvalue weighted by atomic mass is 16.5. The van der Waals surface area contributed by atoms with Crippen LogP contribution >= 0.6 is 0 Å². The van der Waals surface area contributed by atoms with Crippen molar-refractivity contribution >= 4 is 5.91 Å². The summed E-state index contributed by atoms with van der Waals surface area (Å²) >= 11 is 0. The summed E-state index contributed by atoms with van der Waals surface area (Å²) in [5.74, 6) is 0.0619. The highest BCUT2D eigenvalue weighted by molar-refractivity contribution is 5.76. The van der Waals surface area contributed by atoms with Crippen molar-refractivity contribution < 1.29 is 9.53 Å². The minimum absolute atomic E-state index is 0.0619. The molecule has 0 bridgehead atoms. The van der Waals surface area contributed by atoms with E-state index in [1.54, 1.807) is 4.68 Å². The van der Waals surface area contributed by atoms with E-state index in [0.717, 1.165) is 12.2 Å². The molecule has 1 saturated heterocycles. The molecule has 20 heavy (non-hydrogen) atoms. The highest BCUT2D eigenvalue weighted by Crippen LogP contribution is 2.11. The van der Waals surface area contributed by atoms with Crippen LogP contribution in [0.4, 0.5) is 0 Å². The average molecular weight is 281 g/mol. The Morgan fingerprint density at radius 2 is 2.15 bits per heavy atom. The summed E-state index contributed by atoms with van der Waals surface area (Å²) in [5.41, 5.74) is 0.850. The molecular formula is C13H23N5O2. The van der Waals surface area contributed by atoms with Crippen LogP contribution in [-0.2, 0) is 22.6 Å². The highest BCUT2D eigenvalue weighted by Gasteiger charge is 2.26. The number of nitrogens with one attached hydrogen (secondary N) is 1. The number of carbonyl (C=O) groups is 1. The van der Waals surface area contributed by atoms with E-state index >= 15 is 0 Å². The second-order valence-electron chi connectivity index (χ2n) is 5.24. The maximum atomic E-state index is 12.2. The third-order valence-corrected chi connectivity index (χ3v) is 3.21. The van der Waals surface area contributed by atoms with E-state index in [1.807, 2.05) is 31.9 Å². The Labute approximate surface area is 119 Å². The Kier molecular flexibility index (Phi) is 5.08. The minimum atomic E-state index is 0.0619. The largest absolute Gasteiger partial charge is 0.372 e. The van der Waals surface area contributed by atoms with Gasteiger partial charge in [0, 0.05) is 19.6 Å². The fourth-order valence-electron chi connectivity index (χ4n) is 2.37. The van der Waals surface area contributed by atoms with Crippen molar-refractivity contribution in [2.45, 2.75) is 46.1 Å². The molecule has 1 aliphatic rings. The van der Waals surface area contributed by atoms with Gasteiger partial charge < -0.3 is 15.0 Å². The number of amides is 1. The maximum absolute atomic E-state index is 12.2. The minimum Gasteiger partial charge on any atom is -0.372 e. The third-order valence-electron chi connectivity index (χ3n) is 3.21. The molecule has 2 rings (SSSR count). The summed E-state index contributed by atoms with van der Waals surface area (Å²) < 4.78 is 7.23. The van der Waals surface area contributed by atoms with Crippen LogP contribution in [0.1, 0.15) is 26.5 Å². The number of carbonyl (C=O) groups excluding carboxylic acids is 1. The van der Waals surface area contributed by atoms with E-state index in [1.165, 1.54) is 0 Å². The van der Waals surface area contributed by atoms with Crippen molar-refractivity contribution in [2.24, 2.45) is 0 Å². The van der Waals surface area contributed by atoms with Gasteiger partial charge in [0.25, 0.3) is 0 Å². The van der Waals surface area contributed by atoms with Crippen molar-refractivity contribution in [3.8, 4) is 0 Å². The molecule has 1 N–H and O–H groups in total. The van der Waals surface area contributed by atoms with E-state index in [-0.39, 0.29) is 24.7 Å². The van der Waals surface area contributed by atoms with E-state index in [0.29, 0.717) is 19.6 Å². The SMILES string of the molecule is CCNCc1cn(CC(=O)N2CC(C)OC(C)C2)nn1. The Morgan fingerprint density at radius 3 is 2.80 bits per heavy atom. The standard InChI is InChI=1S/C13H23N5O2/c1-4-14-5-12-8-18(16-15-12)9-13(19)17-6-10(2)20-11(3)7-17/h8,10-11,14H,4-7,9H2,1-3H3. The zero-order valence-corrected chi connectivity index (χ0v) is 12.4. The molecule has 1 fully saturated rings. The molecule has 2 unspecified atom stereocenters. The van der Waals surface area contributed by atoms with Crippen LogP contribution in [0.5, 0.6) is 0 Å². The molecule has 0 aliphatic carbocycles. The quantitative estimate of drug-likeness (QED) is 0.824. The number of morpholine rings is 1. The van der Waals surface area contributed by atoms with E-state index < -0.39 is 0 Å². The lowest BCUT2D eigenvalue weighted by atomic mass is 10.2. The van der Waals surface area contributed by atoms with Gasteiger partial charge in [-0.25, -0.2) is 4.68 Å². The summed E-state index contributed by atoms with van der Waals surface area (Å²) in [5, 5.41) is 11.2. The van der Waals surface area contributed by atoms with Crippen LogP contribution < -0.4 is 5.32 Å². The zero-order valence-electron chi connectivity index (χ0n) is 12.4. The summed E-state index contributed by atoms with van der Waals surface area (Å²) in [7, 11) is 0. The van der Waals surface area contributed by atoms with Crippen molar-refractivity contribution in [3.63, 3.8) is 0 Å². The van der Waals surface area contributed by atoms with E-state index in [9.17, 15) is 4.79 Å². The van der Waals surface area contributed by atoms with Gasteiger partial charge in [-0.1, -0.05) is 12.1 Å². The Balaban J connectivity index is 1.88. The van der Waals surface area contributed by atoms with Crippen LogP contribution in [0.2, 0.25) is 0 Å². The van der Waals surface area contributed by atoms with Crippen LogP contribution in [0, 0.1) is 0 Å². The number of hydrogen-bond acceptors (Lipinski definition) is 5. The van der Waals surface area contributed by atoms with E-state index in [4.69, 9.17) is 4.74 Å². The normalized spacial score (nSPS) is 23.1. The number of rotatable bonds is 5. The first-order valence-electron chi connectivity index (χ1n) is 7.11. The summed E-state index contributed by atoms with van der Waals surface area (Å²) in [6.45, 7) is 9.09. The van der Waals surface area contributed by atoms with Gasteiger partial charge in [0.05, 0.1) is 24.1 Å². The second kappa shape index (κ2) is 6.81. The van der Waals surface area contributed by atoms with Gasteiger partial charge in [-0.2, -0.15) is 0 Å². The van der Waals surface area contributed by atoms with Gasteiger partial charge in [-0.15, -0.1) is 5.10 Å². The van der Waals surface area contributed by atoms with Crippen LogP contribution in [-0.4, -0.2) is 57.6 Å². The molecule has 112 valence electrons. The molecular weight excluding hydrogens is 258 g/mol. The van der Waals surface area contributed by atoms with Crippen LogP contribution in [0.15, 0.2) is 6.20 Å². The topological polar surface area (TPSA) is 72.3 Å². The van der Waals surface area contributed by atoms with Crippen molar-refractivity contribution in [1.82, 2.24) is 25.2 Å². The van der Waals surface area contributed by atoms with E-state index in [2.05, 4.69) is 15.6 Å². The lowest BCUT2D eigenvalue weighted by Crippen LogP contribution is -2.49. The lowest BCUT2D eigenvalue weighted by Gasteiger charge is -2.35. The van der Waals surface area contributed by atoms with Crippen molar-refractivity contribution in [2.75, 3.05) is 19.6 Å². The first kappa shape index (κ1) is 14.9. The summed E-state index contributed by atoms with van der Waals surface area (Å²) in [4.78, 5) is 14.1. The average Bonchev–Trinajstić information content (AvgIpc) is 2.82. The van der Waals surface area contributed by atoms with Crippen molar-refractivity contribution in [1.29, 1.82) is 0 Å². The van der Waals surface area contributed by atoms with Gasteiger partial charge in [0.15, 0.2) is 0 Å². The smallest absolute Gasteiger partial charge is 0.244 e. The number of ether oxygens (including phenoxy) is 1. The molecule has 7 heteroatoms.